The Morgan fingerprint density at radius 2 is 1.58 bits per heavy atom. The molecule has 0 saturated carbocycles. The van der Waals surface area contributed by atoms with Crippen molar-refractivity contribution in [3.05, 3.63) is 70.3 Å². The third kappa shape index (κ3) is 3.68. The number of benzene rings is 2. The van der Waals surface area contributed by atoms with Crippen molar-refractivity contribution in [3.8, 4) is 0 Å². The second-order valence-electron chi connectivity index (χ2n) is 5.43. The van der Waals surface area contributed by atoms with Crippen LogP contribution in [0.2, 0.25) is 0 Å². The van der Waals surface area contributed by atoms with E-state index in [1.54, 1.807) is 0 Å². The summed E-state index contributed by atoms with van der Waals surface area (Å²) in [5, 5.41) is 3.58. The first-order valence-corrected chi connectivity index (χ1v) is 6.92. The van der Waals surface area contributed by atoms with Gasteiger partial charge in [0.2, 0.25) is 0 Å². The lowest BCUT2D eigenvalue weighted by Gasteiger charge is -2.15. The van der Waals surface area contributed by atoms with Gasteiger partial charge in [0.1, 0.15) is 0 Å². The molecular formula is C18H23N. The predicted octanol–water partition coefficient (Wildman–Crippen LogP) is 4.46. The van der Waals surface area contributed by atoms with Crippen molar-refractivity contribution >= 4 is 0 Å². The fraction of sp³-hybridized carbons (Fsp3) is 0.333. The van der Waals surface area contributed by atoms with Crippen molar-refractivity contribution < 1.29 is 0 Å². The topological polar surface area (TPSA) is 12.0 Å². The maximum Gasteiger partial charge on any atom is 0.0294 e. The number of aryl methyl sites for hydroxylation is 3. The molecule has 2 aromatic rings. The van der Waals surface area contributed by atoms with E-state index in [2.05, 4.69) is 75.5 Å². The zero-order valence-corrected chi connectivity index (χ0v) is 12.3. The van der Waals surface area contributed by atoms with Crippen LogP contribution in [0.15, 0.2) is 42.5 Å². The molecule has 2 rings (SSSR count). The third-order valence-corrected chi connectivity index (χ3v) is 3.76. The van der Waals surface area contributed by atoms with Crippen molar-refractivity contribution in [1.82, 2.24) is 5.32 Å². The molecule has 0 unspecified atom stereocenters. The summed E-state index contributed by atoms with van der Waals surface area (Å²) < 4.78 is 0. The van der Waals surface area contributed by atoms with Gasteiger partial charge in [0, 0.05) is 12.6 Å². The van der Waals surface area contributed by atoms with Gasteiger partial charge in [0.25, 0.3) is 0 Å². The highest BCUT2D eigenvalue weighted by molar-refractivity contribution is 5.30. The molecular weight excluding hydrogens is 230 g/mol. The van der Waals surface area contributed by atoms with Crippen LogP contribution in [-0.4, -0.2) is 0 Å². The van der Waals surface area contributed by atoms with Crippen molar-refractivity contribution in [2.75, 3.05) is 0 Å². The van der Waals surface area contributed by atoms with Crippen molar-refractivity contribution in [3.63, 3.8) is 0 Å². The van der Waals surface area contributed by atoms with E-state index in [0.29, 0.717) is 6.04 Å². The average Bonchev–Trinajstić information content (AvgIpc) is 2.40. The molecule has 0 radical (unpaired) electrons. The van der Waals surface area contributed by atoms with Crippen LogP contribution in [0.25, 0.3) is 0 Å². The van der Waals surface area contributed by atoms with Gasteiger partial charge in [-0.25, -0.2) is 0 Å². The maximum absolute atomic E-state index is 3.58. The second kappa shape index (κ2) is 6.03. The van der Waals surface area contributed by atoms with Crippen LogP contribution in [0.4, 0.5) is 0 Å². The lowest BCUT2D eigenvalue weighted by atomic mass is 10.0. The molecule has 0 aromatic heterocycles. The van der Waals surface area contributed by atoms with E-state index >= 15 is 0 Å². The summed E-state index contributed by atoms with van der Waals surface area (Å²) in [6, 6.07) is 15.8. The Morgan fingerprint density at radius 1 is 0.895 bits per heavy atom. The van der Waals surface area contributed by atoms with Crippen LogP contribution < -0.4 is 5.32 Å². The summed E-state index contributed by atoms with van der Waals surface area (Å²) in [5.41, 5.74) is 6.72. The van der Waals surface area contributed by atoms with Crippen LogP contribution in [-0.2, 0) is 6.54 Å². The smallest absolute Gasteiger partial charge is 0.0294 e. The van der Waals surface area contributed by atoms with Crippen molar-refractivity contribution in [2.45, 2.75) is 40.3 Å². The fourth-order valence-electron chi connectivity index (χ4n) is 2.16. The van der Waals surface area contributed by atoms with E-state index < -0.39 is 0 Å². The minimum absolute atomic E-state index is 0.377. The third-order valence-electron chi connectivity index (χ3n) is 3.76. The Hall–Kier alpha value is -1.60. The molecule has 0 bridgehead atoms. The first kappa shape index (κ1) is 13.8. The largest absolute Gasteiger partial charge is 0.306 e. The quantitative estimate of drug-likeness (QED) is 0.848. The summed E-state index contributed by atoms with van der Waals surface area (Å²) in [6.07, 6.45) is 0. The molecule has 0 aliphatic heterocycles. The van der Waals surface area contributed by atoms with E-state index in [9.17, 15) is 0 Å². The molecule has 0 fully saturated rings. The Kier molecular flexibility index (Phi) is 4.39. The monoisotopic (exact) mass is 253 g/mol. The molecule has 2 aromatic carbocycles. The van der Waals surface area contributed by atoms with E-state index in [0.717, 1.165) is 6.54 Å². The molecule has 1 atom stereocenters. The Balaban J connectivity index is 1.98. The SMILES string of the molecule is Cc1ccc([C@H](C)NCc2ccc(C)c(C)c2)cc1. The van der Waals surface area contributed by atoms with E-state index in [1.165, 1.54) is 27.8 Å². The molecule has 1 N–H and O–H groups in total. The molecule has 0 spiro atoms. The highest BCUT2D eigenvalue weighted by Crippen LogP contribution is 2.15. The van der Waals surface area contributed by atoms with Crippen LogP contribution in [0.1, 0.15) is 40.8 Å². The van der Waals surface area contributed by atoms with Crippen molar-refractivity contribution in [1.29, 1.82) is 0 Å². The molecule has 1 heteroatoms. The molecule has 1 nitrogen and oxygen atoms in total. The molecule has 0 heterocycles. The Morgan fingerprint density at radius 3 is 2.21 bits per heavy atom. The van der Waals surface area contributed by atoms with Gasteiger partial charge in [-0.2, -0.15) is 0 Å². The highest BCUT2D eigenvalue weighted by atomic mass is 14.9. The van der Waals surface area contributed by atoms with Gasteiger partial charge in [-0.05, 0) is 49.9 Å². The van der Waals surface area contributed by atoms with E-state index in [-0.39, 0.29) is 0 Å². The van der Waals surface area contributed by atoms with Crippen LogP contribution in [0.5, 0.6) is 0 Å². The van der Waals surface area contributed by atoms with Gasteiger partial charge in [-0.1, -0.05) is 48.0 Å². The number of rotatable bonds is 4. The van der Waals surface area contributed by atoms with Gasteiger partial charge in [0.15, 0.2) is 0 Å². The molecule has 19 heavy (non-hydrogen) atoms. The minimum Gasteiger partial charge on any atom is -0.306 e. The second-order valence-corrected chi connectivity index (χ2v) is 5.43. The van der Waals surface area contributed by atoms with Gasteiger partial charge in [0.05, 0.1) is 0 Å². The zero-order chi connectivity index (χ0) is 13.8. The molecule has 0 amide bonds. The number of hydrogen-bond donors (Lipinski definition) is 1. The van der Waals surface area contributed by atoms with Crippen LogP contribution >= 0.6 is 0 Å². The Bertz CT molecular complexity index is 540. The number of hydrogen-bond acceptors (Lipinski definition) is 1. The van der Waals surface area contributed by atoms with E-state index in [4.69, 9.17) is 0 Å². The summed E-state index contributed by atoms with van der Waals surface area (Å²) >= 11 is 0. The summed E-state index contributed by atoms with van der Waals surface area (Å²) in [7, 11) is 0. The van der Waals surface area contributed by atoms with Crippen molar-refractivity contribution in [2.24, 2.45) is 0 Å². The molecule has 100 valence electrons. The molecule has 0 aliphatic rings. The Labute approximate surface area is 116 Å². The van der Waals surface area contributed by atoms with Gasteiger partial charge in [-0.15, -0.1) is 0 Å². The maximum atomic E-state index is 3.58. The average molecular weight is 253 g/mol. The molecule has 0 aliphatic carbocycles. The van der Waals surface area contributed by atoms with Gasteiger partial charge in [-0.3, -0.25) is 0 Å². The first-order chi connectivity index (χ1) is 9.06. The van der Waals surface area contributed by atoms with E-state index in [1.807, 2.05) is 0 Å². The molecule has 0 saturated heterocycles. The predicted molar refractivity (Wildman–Crippen MR) is 82.3 cm³/mol. The van der Waals surface area contributed by atoms with Crippen LogP contribution in [0.3, 0.4) is 0 Å². The standard InChI is InChI=1S/C18H23N/c1-13-5-9-18(10-6-13)16(4)19-12-17-8-7-14(2)15(3)11-17/h5-11,16,19H,12H2,1-4H3/t16-/m0/s1. The summed E-state index contributed by atoms with van der Waals surface area (Å²) in [6.45, 7) is 9.57. The first-order valence-electron chi connectivity index (χ1n) is 6.92. The minimum atomic E-state index is 0.377. The summed E-state index contributed by atoms with van der Waals surface area (Å²) in [5.74, 6) is 0. The normalized spacial score (nSPS) is 12.4. The number of nitrogens with one attached hydrogen (secondary N) is 1. The lowest BCUT2D eigenvalue weighted by Crippen LogP contribution is -2.18. The summed E-state index contributed by atoms with van der Waals surface area (Å²) in [4.78, 5) is 0. The zero-order valence-electron chi connectivity index (χ0n) is 12.3. The van der Waals surface area contributed by atoms with Gasteiger partial charge >= 0.3 is 0 Å². The highest BCUT2D eigenvalue weighted by Gasteiger charge is 2.04. The lowest BCUT2D eigenvalue weighted by molar-refractivity contribution is 0.574. The fourth-order valence-corrected chi connectivity index (χ4v) is 2.16. The van der Waals surface area contributed by atoms with Crippen LogP contribution in [0, 0.1) is 20.8 Å². The van der Waals surface area contributed by atoms with Gasteiger partial charge < -0.3 is 5.32 Å².